The Balaban J connectivity index is 1.88. The number of benzene rings is 1. The zero-order chi connectivity index (χ0) is 13.7. The van der Waals surface area contributed by atoms with Gasteiger partial charge in [-0.15, -0.1) is 11.8 Å². The predicted molar refractivity (Wildman–Crippen MR) is 79.9 cm³/mol. The summed E-state index contributed by atoms with van der Waals surface area (Å²) in [5, 5.41) is 3.98. The van der Waals surface area contributed by atoms with Crippen molar-refractivity contribution in [3.05, 3.63) is 40.5 Å². The molecule has 2 rings (SSSR count). The highest BCUT2D eigenvalue weighted by Crippen LogP contribution is 2.23. The van der Waals surface area contributed by atoms with E-state index in [4.69, 9.17) is 10.3 Å². The Labute approximate surface area is 125 Å². The van der Waals surface area contributed by atoms with Gasteiger partial charge in [-0.2, -0.15) is 4.98 Å². The van der Waals surface area contributed by atoms with Crippen LogP contribution in [0.5, 0.6) is 0 Å². The van der Waals surface area contributed by atoms with E-state index in [2.05, 4.69) is 45.1 Å². The summed E-state index contributed by atoms with van der Waals surface area (Å²) in [7, 11) is 0. The first-order valence-electron chi connectivity index (χ1n) is 6.07. The van der Waals surface area contributed by atoms with Crippen LogP contribution in [0.3, 0.4) is 0 Å². The number of thioether (sulfide) groups is 1. The van der Waals surface area contributed by atoms with E-state index in [1.165, 1.54) is 4.90 Å². The monoisotopic (exact) mass is 341 g/mol. The molecule has 102 valence electrons. The van der Waals surface area contributed by atoms with Crippen molar-refractivity contribution in [2.75, 3.05) is 6.54 Å². The minimum atomic E-state index is 0.368. The fraction of sp³-hybridized carbons (Fsp3) is 0.385. The fourth-order valence-electron chi connectivity index (χ4n) is 1.49. The molecule has 0 radical (unpaired) electrons. The molecule has 1 atom stereocenters. The third kappa shape index (κ3) is 4.63. The second-order valence-corrected chi connectivity index (χ2v) is 6.36. The number of nitrogens with zero attached hydrogens (tertiary/aromatic N) is 2. The maximum Gasteiger partial charge on any atom is 0.226 e. The summed E-state index contributed by atoms with van der Waals surface area (Å²) in [6.07, 6.45) is 0.743. The van der Waals surface area contributed by atoms with Gasteiger partial charge in [-0.25, -0.2) is 0 Å². The van der Waals surface area contributed by atoms with Crippen molar-refractivity contribution >= 4 is 27.7 Å². The Morgan fingerprint density at radius 2 is 2.11 bits per heavy atom. The zero-order valence-corrected chi connectivity index (χ0v) is 13.1. The van der Waals surface area contributed by atoms with Crippen LogP contribution in [0.2, 0.25) is 0 Å². The summed E-state index contributed by atoms with van der Waals surface area (Å²) >= 11 is 5.10. The molecule has 4 nitrogen and oxygen atoms in total. The standard InChI is InChI=1S/C13H16BrN3OS/c1-9(7-15)6-13-16-12(17-18-13)8-19-11-4-2-10(14)3-5-11/h2-5,9H,6-8,15H2,1H3. The Bertz CT molecular complexity index is 515. The van der Waals surface area contributed by atoms with Crippen molar-refractivity contribution < 1.29 is 4.52 Å². The lowest BCUT2D eigenvalue weighted by Crippen LogP contribution is -2.13. The number of hydrogen-bond donors (Lipinski definition) is 1. The number of aromatic nitrogens is 2. The van der Waals surface area contributed by atoms with Gasteiger partial charge in [0.15, 0.2) is 5.82 Å². The molecular weight excluding hydrogens is 326 g/mol. The van der Waals surface area contributed by atoms with Crippen LogP contribution in [0.25, 0.3) is 0 Å². The summed E-state index contributed by atoms with van der Waals surface area (Å²) in [6.45, 7) is 2.70. The molecule has 1 aromatic carbocycles. The first-order chi connectivity index (χ1) is 9.17. The lowest BCUT2D eigenvalue weighted by molar-refractivity contribution is 0.356. The molecule has 0 bridgehead atoms. The molecule has 0 fully saturated rings. The summed E-state index contributed by atoms with van der Waals surface area (Å²) in [6, 6.07) is 8.16. The molecule has 0 saturated carbocycles. The minimum absolute atomic E-state index is 0.368. The van der Waals surface area contributed by atoms with Crippen molar-refractivity contribution in [1.29, 1.82) is 0 Å². The molecule has 0 aliphatic rings. The molecule has 19 heavy (non-hydrogen) atoms. The molecule has 0 spiro atoms. The first kappa shape index (κ1) is 14.6. The van der Waals surface area contributed by atoms with Crippen LogP contribution < -0.4 is 5.73 Å². The van der Waals surface area contributed by atoms with Gasteiger partial charge in [0.05, 0.1) is 5.75 Å². The van der Waals surface area contributed by atoms with E-state index in [1.807, 2.05) is 12.1 Å². The van der Waals surface area contributed by atoms with E-state index in [1.54, 1.807) is 11.8 Å². The Morgan fingerprint density at radius 1 is 1.37 bits per heavy atom. The lowest BCUT2D eigenvalue weighted by atomic mass is 10.1. The van der Waals surface area contributed by atoms with Gasteiger partial charge in [0.25, 0.3) is 0 Å². The molecule has 1 heterocycles. The molecule has 1 unspecified atom stereocenters. The average molecular weight is 342 g/mol. The van der Waals surface area contributed by atoms with Gasteiger partial charge in [0.2, 0.25) is 5.89 Å². The minimum Gasteiger partial charge on any atom is -0.339 e. The zero-order valence-electron chi connectivity index (χ0n) is 10.7. The largest absolute Gasteiger partial charge is 0.339 e. The normalized spacial score (nSPS) is 12.6. The van der Waals surface area contributed by atoms with Gasteiger partial charge >= 0.3 is 0 Å². The molecule has 2 aromatic rings. The van der Waals surface area contributed by atoms with Gasteiger partial charge in [-0.05, 0) is 36.7 Å². The number of rotatable bonds is 6. The van der Waals surface area contributed by atoms with Crippen LogP contribution in [0.1, 0.15) is 18.6 Å². The van der Waals surface area contributed by atoms with Crippen LogP contribution in [-0.4, -0.2) is 16.7 Å². The Kier molecular flexibility index (Phi) is 5.42. The smallest absolute Gasteiger partial charge is 0.226 e. The molecule has 0 amide bonds. The summed E-state index contributed by atoms with van der Waals surface area (Å²) < 4.78 is 6.29. The van der Waals surface area contributed by atoms with Crippen LogP contribution in [0.15, 0.2) is 38.2 Å². The molecule has 0 saturated heterocycles. The molecule has 0 aliphatic heterocycles. The highest BCUT2D eigenvalue weighted by Gasteiger charge is 2.10. The van der Waals surface area contributed by atoms with Gasteiger partial charge in [0, 0.05) is 15.8 Å². The maximum atomic E-state index is 5.58. The second-order valence-electron chi connectivity index (χ2n) is 4.39. The molecule has 0 aliphatic carbocycles. The molecular formula is C13H16BrN3OS. The van der Waals surface area contributed by atoms with E-state index >= 15 is 0 Å². The van der Waals surface area contributed by atoms with Gasteiger partial charge in [-0.3, -0.25) is 0 Å². The lowest BCUT2D eigenvalue weighted by Gasteiger charge is -2.01. The van der Waals surface area contributed by atoms with Crippen LogP contribution in [0.4, 0.5) is 0 Å². The number of nitrogens with two attached hydrogens (primary N) is 1. The topological polar surface area (TPSA) is 64.9 Å². The van der Waals surface area contributed by atoms with E-state index in [0.717, 1.165) is 16.7 Å². The highest BCUT2D eigenvalue weighted by molar-refractivity contribution is 9.10. The van der Waals surface area contributed by atoms with Crippen molar-refractivity contribution in [2.24, 2.45) is 11.7 Å². The quantitative estimate of drug-likeness (QED) is 0.817. The van der Waals surface area contributed by atoms with Crippen molar-refractivity contribution in [3.8, 4) is 0 Å². The highest BCUT2D eigenvalue weighted by atomic mass is 79.9. The third-order valence-corrected chi connectivity index (χ3v) is 4.15. The molecule has 1 aromatic heterocycles. The van der Waals surface area contributed by atoms with Crippen molar-refractivity contribution in [3.63, 3.8) is 0 Å². The Morgan fingerprint density at radius 3 is 2.79 bits per heavy atom. The molecule has 6 heteroatoms. The maximum absolute atomic E-state index is 5.58. The van der Waals surface area contributed by atoms with Crippen LogP contribution in [0, 0.1) is 5.92 Å². The van der Waals surface area contributed by atoms with E-state index < -0.39 is 0 Å². The summed E-state index contributed by atoms with van der Waals surface area (Å²) in [5.74, 6) is 2.48. The summed E-state index contributed by atoms with van der Waals surface area (Å²) in [4.78, 5) is 5.55. The number of halogens is 1. The van der Waals surface area contributed by atoms with E-state index in [-0.39, 0.29) is 0 Å². The van der Waals surface area contributed by atoms with Crippen molar-refractivity contribution in [1.82, 2.24) is 10.1 Å². The van der Waals surface area contributed by atoms with Crippen LogP contribution in [-0.2, 0) is 12.2 Å². The van der Waals surface area contributed by atoms with Gasteiger partial charge < -0.3 is 10.3 Å². The first-order valence-corrected chi connectivity index (χ1v) is 7.85. The second kappa shape index (κ2) is 7.07. The summed E-state index contributed by atoms with van der Waals surface area (Å²) in [5.41, 5.74) is 5.58. The third-order valence-electron chi connectivity index (χ3n) is 2.62. The van der Waals surface area contributed by atoms with Gasteiger partial charge in [-0.1, -0.05) is 28.0 Å². The van der Waals surface area contributed by atoms with Gasteiger partial charge in [0.1, 0.15) is 0 Å². The fourth-order valence-corrected chi connectivity index (χ4v) is 2.50. The predicted octanol–water partition coefficient (Wildman–Crippen LogP) is 3.26. The molecule has 2 N–H and O–H groups in total. The average Bonchev–Trinajstić information content (AvgIpc) is 2.85. The van der Waals surface area contributed by atoms with E-state index in [9.17, 15) is 0 Å². The van der Waals surface area contributed by atoms with E-state index in [0.29, 0.717) is 24.1 Å². The number of hydrogen-bond acceptors (Lipinski definition) is 5. The SMILES string of the molecule is CC(CN)Cc1nc(CSc2ccc(Br)cc2)no1. The Hall–Kier alpha value is -0.850. The van der Waals surface area contributed by atoms with Crippen molar-refractivity contribution in [2.45, 2.75) is 24.0 Å². The van der Waals surface area contributed by atoms with Crippen LogP contribution >= 0.6 is 27.7 Å².